The molecule has 0 atom stereocenters. The topological polar surface area (TPSA) is 29.5 Å². The number of benzene rings is 1. The summed E-state index contributed by atoms with van der Waals surface area (Å²) in [5.41, 5.74) is 0.694. The lowest BCUT2D eigenvalue weighted by Gasteiger charge is -2.13. The van der Waals surface area contributed by atoms with Crippen LogP contribution < -0.4 is 4.74 Å². The standard InChI is InChI=1S/C17H25NO2/c19-15-16-7-9-17(10-8-16)20-14-6-2-1-3-11-18-12-4-5-13-18/h7-10,15H,1-6,11-14H2. The SMILES string of the molecule is O=Cc1ccc(OCCCCCCN2CCCC2)cc1. The monoisotopic (exact) mass is 275 g/mol. The van der Waals surface area contributed by atoms with Crippen LogP contribution in [0.15, 0.2) is 24.3 Å². The van der Waals surface area contributed by atoms with Crippen molar-refractivity contribution in [2.24, 2.45) is 0 Å². The first kappa shape index (κ1) is 15.0. The van der Waals surface area contributed by atoms with Crippen LogP contribution in [-0.4, -0.2) is 37.4 Å². The number of hydrogen-bond acceptors (Lipinski definition) is 3. The minimum absolute atomic E-state index is 0.694. The number of likely N-dealkylation sites (tertiary alicyclic amines) is 1. The van der Waals surface area contributed by atoms with Crippen molar-refractivity contribution >= 4 is 6.29 Å². The zero-order chi connectivity index (χ0) is 14.0. The molecule has 3 nitrogen and oxygen atoms in total. The Balaban J connectivity index is 1.47. The van der Waals surface area contributed by atoms with E-state index in [1.807, 2.05) is 12.1 Å². The van der Waals surface area contributed by atoms with Crippen LogP contribution >= 0.6 is 0 Å². The van der Waals surface area contributed by atoms with Gasteiger partial charge in [0.1, 0.15) is 12.0 Å². The lowest BCUT2D eigenvalue weighted by Crippen LogP contribution is -2.20. The number of unbranched alkanes of at least 4 members (excludes halogenated alkanes) is 3. The van der Waals surface area contributed by atoms with Gasteiger partial charge in [0.25, 0.3) is 0 Å². The molecule has 1 fully saturated rings. The normalized spacial score (nSPS) is 15.4. The first-order valence-corrected chi connectivity index (χ1v) is 7.79. The Hall–Kier alpha value is -1.35. The highest BCUT2D eigenvalue weighted by atomic mass is 16.5. The van der Waals surface area contributed by atoms with E-state index in [2.05, 4.69) is 4.90 Å². The lowest BCUT2D eigenvalue weighted by atomic mass is 10.2. The van der Waals surface area contributed by atoms with Gasteiger partial charge in [-0.15, -0.1) is 0 Å². The summed E-state index contributed by atoms with van der Waals surface area (Å²) in [6.07, 6.45) is 8.57. The smallest absolute Gasteiger partial charge is 0.150 e. The quantitative estimate of drug-likeness (QED) is 0.510. The predicted molar refractivity (Wildman–Crippen MR) is 81.5 cm³/mol. The number of ether oxygens (including phenoxy) is 1. The van der Waals surface area contributed by atoms with Crippen LogP contribution in [0.2, 0.25) is 0 Å². The fraction of sp³-hybridized carbons (Fsp3) is 0.588. The van der Waals surface area contributed by atoms with Crippen LogP contribution in [0.3, 0.4) is 0 Å². The molecule has 0 radical (unpaired) electrons. The molecular formula is C17H25NO2. The second-order valence-corrected chi connectivity index (χ2v) is 5.50. The maximum Gasteiger partial charge on any atom is 0.150 e. The average Bonchev–Trinajstić information content (AvgIpc) is 3.00. The average molecular weight is 275 g/mol. The minimum atomic E-state index is 0.694. The summed E-state index contributed by atoms with van der Waals surface area (Å²) in [7, 11) is 0. The van der Waals surface area contributed by atoms with Crippen molar-refractivity contribution in [2.75, 3.05) is 26.2 Å². The van der Waals surface area contributed by atoms with E-state index in [0.717, 1.165) is 25.1 Å². The van der Waals surface area contributed by atoms with E-state index in [4.69, 9.17) is 4.74 Å². The van der Waals surface area contributed by atoms with Crippen molar-refractivity contribution in [1.82, 2.24) is 4.90 Å². The van der Waals surface area contributed by atoms with Crippen molar-refractivity contribution in [2.45, 2.75) is 38.5 Å². The Kier molecular flexibility index (Phi) is 6.58. The zero-order valence-corrected chi connectivity index (χ0v) is 12.2. The van der Waals surface area contributed by atoms with Gasteiger partial charge in [-0.2, -0.15) is 0 Å². The molecule has 1 heterocycles. The number of carbonyl (C=O) groups is 1. The number of nitrogens with zero attached hydrogens (tertiary/aromatic N) is 1. The Morgan fingerprint density at radius 1 is 1.00 bits per heavy atom. The Morgan fingerprint density at radius 3 is 2.40 bits per heavy atom. The van der Waals surface area contributed by atoms with Crippen LogP contribution in [0, 0.1) is 0 Å². The minimum Gasteiger partial charge on any atom is -0.494 e. The molecule has 1 saturated heterocycles. The maximum absolute atomic E-state index is 10.5. The number of carbonyl (C=O) groups excluding carboxylic acids is 1. The van der Waals surface area contributed by atoms with Crippen molar-refractivity contribution in [3.8, 4) is 5.75 Å². The van der Waals surface area contributed by atoms with Gasteiger partial charge in [0.2, 0.25) is 0 Å². The van der Waals surface area contributed by atoms with Crippen molar-refractivity contribution in [3.63, 3.8) is 0 Å². The number of aldehydes is 1. The molecule has 20 heavy (non-hydrogen) atoms. The van der Waals surface area contributed by atoms with E-state index in [-0.39, 0.29) is 0 Å². The summed E-state index contributed by atoms with van der Waals surface area (Å²) in [5, 5.41) is 0. The Bertz CT molecular complexity index is 382. The molecule has 0 saturated carbocycles. The van der Waals surface area contributed by atoms with Crippen molar-refractivity contribution in [1.29, 1.82) is 0 Å². The molecule has 1 aromatic rings. The first-order valence-electron chi connectivity index (χ1n) is 7.79. The molecule has 0 aliphatic carbocycles. The molecule has 0 aromatic heterocycles. The Labute approximate surface area is 121 Å². The van der Waals surface area contributed by atoms with Gasteiger partial charge < -0.3 is 9.64 Å². The molecule has 0 unspecified atom stereocenters. The number of rotatable bonds is 9. The molecule has 0 amide bonds. The largest absolute Gasteiger partial charge is 0.494 e. The summed E-state index contributed by atoms with van der Waals surface area (Å²) in [6, 6.07) is 7.30. The van der Waals surface area contributed by atoms with E-state index in [1.165, 1.54) is 51.7 Å². The highest BCUT2D eigenvalue weighted by Gasteiger charge is 2.09. The second kappa shape index (κ2) is 8.75. The van der Waals surface area contributed by atoms with Crippen LogP contribution in [0.5, 0.6) is 5.75 Å². The maximum atomic E-state index is 10.5. The van der Waals surface area contributed by atoms with Gasteiger partial charge in [0, 0.05) is 5.56 Å². The van der Waals surface area contributed by atoms with Gasteiger partial charge in [0.15, 0.2) is 0 Å². The fourth-order valence-corrected chi connectivity index (χ4v) is 2.63. The van der Waals surface area contributed by atoms with E-state index >= 15 is 0 Å². The molecule has 1 aromatic carbocycles. The zero-order valence-electron chi connectivity index (χ0n) is 12.2. The highest BCUT2D eigenvalue weighted by Crippen LogP contribution is 2.13. The molecule has 1 aliphatic rings. The van der Waals surface area contributed by atoms with E-state index in [0.29, 0.717) is 5.56 Å². The summed E-state index contributed by atoms with van der Waals surface area (Å²) in [4.78, 5) is 13.1. The predicted octanol–water partition coefficient (Wildman–Crippen LogP) is 3.53. The van der Waals surface area contributed by atoms with Crippen molar-refractivity contribution in [3.05, 3.63) is 29.8 Å². The third kappa shape index (κ3) is 5.33. The fourth-order valence-electron chi connectivity index (χ4n) is 2.63. The summed E-state index contributed by atoms with van der Waals surface area (Å²) in [6.45, 7) is 4.65. The molecule has 110 valence electrons. The van der Waals surface area contributed by atoms with E-state index < -0.39 is 0 Å². The third-order valence-corrected chi connectivity index (χ3v) is 3.85. The van der Waals surface area contributed by atoms with Crippen LogP contribution in [-0.2, 0) is 0 Å². The van der Waals surface area contributed by atoms with Gasteiger partial charge >= 0.3 is 0 Å². The molecule has 0 N–H and O–H groups in total. The molecule has 0 bridgehead atoms. The van der Waals surface area contributed by atoms with Crippen LogP contribution in [0.4, 0.5) is 0 Å². The van der Waals surface area contributed by atoms with Gasteiger partial charge in [0.05, 0.1) is 6.61 Å². The molecule has 3 heteroatoms. The molecular weight excluding hydrogens is 250 g/mol. The highest BCUT2D eigenvalue weighted by molar-refractivity contribution is 5.74. The first-order chi connectivity index (χ1) is 9.88. The molecule has 0 spiro atoms. The van der Waals surface area contributed by atoms with Crippen LogP contribution in [0.1, 0.15) is 48.9 Å². The van der Waals surface area contributed by atoms with Gasteiger partial charge in [-0.25, -0.2) is 0 Å². The summed E-state index contributed by atoms with van der Waals surface area (Å²) < 4.78 is 5.66. The third-order valence-electron chi connectivity index (χ3n) is 3.85. The summed E-state index contributed by atoms with van der Waals surface area (Å²) >= 11 is 0. The lowest BCUT2D eigenvalue weighted by molar-refractivity contribution is 0.112. The Morgan fingerprint density at radius 2 is 1.70 bits per heavy atom. The second-order valence-electron chi connectivity index (χ2n) is 5.50. The number of hydrogen-bond donors (Lipinski definition) is 0. The van der Waals surface area contributed by atoms with Crippen LogP contribution in [0.25, 0.3) is 0 Å². The van der Waals surface area contributed by atoms with Gasteiger partial charge in [-0.05, 0) is 69.6 Å². The molecule has 1 aliphatic heterocycles. The van der Waals surface area contributed by atoms with Crippen molar-refractivity contribution < 1.29 is 9.53 Å². The van der Waals surface area contributed by atoms with E-state index in [1.54, 1.807) is 12.1 Å². The van der Waals surface area contributed by atoms with Gasteiger partial charge in [-0.3, -0.25) is 4.79 Å². The molecule has 2 rings (SSSR count). The van der Waals surface area contributed by atoms with Gasteiger partial charge in [-0.1, -0.05) is 12.8 Å². The summed E-state index contributed by atoms with van der Waals surface area (Å²) in [5.74, 6) is 0.854. The van der Waals surface area contributed by atoms with E-state index in [9.17, 15) is 4.79 Å².